The first-order valence-corrected chi connectivity index (χ1v) is 6.36. The molecule has 1 N–H and O–H groups in total. The van der Waals surface area contributed by atoms with Crippen LogP contribution in [-0.4, -0.2) is 25.7 Å². The molecule has 16 heavy (non-hydrogen) atoms. The molecule has 1 fully saturated rings. The van der Waals surface area contributed by atoms with Gasteiger partial charge in [0.1, 0.15) is 6.61 Å². The van der Waals surface area contributed by atoms with E-state index in [0.29, 0.717) is 11.8 Å². The summed E-state index contributed by atoms with van der Waals surface area (Å²) in [4.78, 5) is 11.2. The van der Waals surface area contributed by atoms with Crippen molar-refractivity contribution in [3.8, 4) is 0 Å². The maximum Gasteiger partial charge on any atom is 0.245 e. The normalized spacial score (nSPS) is 30.4. The van der Waals surface area contributed by atoms with Gasteiger partial charge in [0.05, 0.1) is 6.10 Å². The van der Waals surface area contributed by atoms with Crippen LogP contribution in [0.3, 0.4) is 0 Å². The van der Waals surface area contributed by atoms with Crippen LogP contribution in [0, 0.1) is 17.8 Å². The minimum absolute atomic E-state index is 0.0271. The van der Waals surface area contributed by atoms with Gasteiger partial charge in [-0.25, -0.2) is 0 Å². The molecule has 0 aromatic rings. The summed E-state index contributed by atoms with van der Waals surface area (Å²) in [6.07, 6.45) is 3.89. The molecule has 1 amide bonds. The van der Waals surface area contributed by atoms with Gasteiger partial charge in [0.2, 0.25) is 5.91 Å². The summed E-state index contributed by atoms with van der Waals surface area (Å²) in [7, 11) is 1.65. The molecule has 0 heterocycles. The lowest BCUT2D eigenvalue weighted by molar-refractivity contribution is -0.130. The molecule has 0 bridgehead atoms. The minimum atomic E-state index is -0.0271. The Morgan fingerprint density at radius 1 is 1.44 bits per heavy atom. The zero-order chi connectivity index (χ0) is 12.1. The first kappa shape index (κ1) is 13.5. The molecule has 0 radical (unpaired) electrons. The highest BCUT2D eigenvalue weighted by Gasteiger charge is 2.31. The van der Waals surface area contributed by atoms with Crippen LogP contribution in [-0.2, 0) is 9.53 Å². The number of carbonyl (C=O) groups is 1. The molecule has 0 aromatic carbocycles. The van der Waals surface area contributed by atoms with E-state index >= 15 is 0 Å². The number of amides is 1. The Morgan fingerprint density at radius 2 is 2.12 bits per heavy atom. The highest BCUT2D eigenvalue weighted by atomic mass is 16.5. The third kappa shape index (κ3) is 3.78. The van der Waals surface area contributed by atoms with E-state index in [1.165, 1.54) is 12.8 Å². The Kier molecular flexibility index (Phi) is 5.26. The summed E-state index contributed by atoms with van der Waals surface area (Å²) in [6, 6.07) is 0. The van der Waals surface area contributed by atoms with Crippen molar-refractivity contribution in [1.82, 2.24) is 5.32 Å². The maximum absolute atomic E-state index is 11.2. The van der Waals surface area contributed by atoms with Crippen molar-refractivity contribution in [2.24, 2.45) is 17.8 Å². The lowest BCUT2D eigenvalue weighted by Gasteiger charge is -2.37. The number of carbonyl (C=O) groups excluding carboxylic acids is 1. The highest BCUT2D eigenvalue weighted by molar-refractivity contribution is 5.76. The summed E-state index contributed by atoms with van der Waals surface area (Å²) in [5.74, 6) is 1.95. The van der Waals surface area contributed by atoms with Gasteiger partial charge in [-0.05, 0) is 30.6 Å². The molecule has 1 aliphatic carbocycles. The van der Waals surface area contributed by atoms with Crippen LogP contribution in [0.1, 0.15) is 40.0 Å². The van der Waals surface area contributed by atoms with Crippen LogP contribution >= 0.6 is 0 Å². The van der Waals surface area contributed by atoms with Gasteiger partial charge in [0, 0.05) is 7.05 Å². The molecule has 0 unspecified atom stereocenters. The molecule has 1 saturated carbocycles. The molecule has 0 saturated heterocycles. The Balaban J connectivity index is 2.47. The smallest absolute Gasteiger partial charge is 0.245 e. The van der Waals surface area contributed by atoms with Gasteiger partial charge < -0.3 is 10.1 Å². The Morgan fingerprint density at radius 3 is 2.69 bits per heavy atom. The minimum Gasteiger partial charge on any atom is -0.368 e. The van der Waals surface area contributed by atoms with E-state index in [1.807, 2.05) is 0 Å². The second-order valence-electron chi connectivity index (χ2n) is 5.35. The van der Waals surface area contributed by atoms with Crippen molar-refractivity contribution in [2.75, 3.05) is 13.7 Å². The molecule has 3 atom stereocenters. The topological polar surface area (TPSA) is 38.3 Å². The fourth-order valence-electron chi connectivity index (χ4n) is 2.56. The van der Waals surface area contributed by atoms with Gasteiger partial charge in [-0.1, -0.05) is 27.2 Å². The summed E-state index contributed by atoms with van der Waals surface area (Å²) in [5.41, 5.74) is 0. The van der Waals surface area contributed by atoms with Crippen LogP contribution in [0.4, 0.5) is 0 Å². The second-order valence-corrected chi connectivity index (χ2v) is 5.35. The monoisotopic (exact) mass is 227 g/mol. The van der Waals surface area contributed by atoms with E-state index in [2.05, 4.69) is 26.1 Å². The fourth-order valence-corrected chi connectivity index (χ4v) is 2.56. The number of likely N-dealkylation sites (N-methyl/N-ethyl adjacent to an activating group) is 1. The van der Waals surface area contributed by atoms with E-state index in [4.69, 9.17) is 4.74 Å². The van der Waals surface area contributed by atoms with Gasteiger partial charge in [-0.3, -0.25) is 4.79 Å². The van der Waals surface area contributed by atoms with E-state index in [9.17, 15) is 4.79 Å². The number of hydrogen-bond donors (Lipinski definition) is 1. The average Bonchev–Trinajstić information content (AvgIpc) is 2.25. The largest absolute Gasteiger partial charge is 0.368 e. The molecular formula is C13H25NO2. The Labute approximate surface area is 98.9 Å². The van der Waals surface area contributed by atoms with Crippen molar-refractivity contribution in [3.63, 3.8) is 0 Å². The van der Waals surface area contributed by atoms with Crippen LogP contribution in [0.5, 0.6) is 0 Å². The second kappa shape index (κ2) is 6.24. The molecule has 94 valence electrons. The summed E-state index contributed by atoms with van der Waals surface area (Å²) < 4.78 is 5.77. The van der Waals surface area contributed by atoms with Gasteiger partial charge in [0.15, 0.2) is 0 Å². The third-order valence-corrected chi connectivity index (χ3v) is 3.67. The SMILES string of the molecule is CNC(=O)CO[C@@H]1C[C@H](C)CC[C@H]1C(C)C. The molecule has 0 aromatic heterocycles. The van der Waals surface area contributed by atoms with Crippen molar-refractivity contribution < 1.29 is 9.53 Å². The zero-order valence-corrected chi connectivity index (χ0v) is 11.0. The molecule has 3 nitrogen and oxygen atoms in total. The van der Waals surface area contributed by atoms with E-state index < -0.39 is 0 Å². The van der Waals surface area contributed by atoms with Gasteiger partial charge in [-0.15, -0.1) is 0 Å². The van der Waals surface area contributed by atoms with Gasteiger partial charge >= 0.3 is 0 Å². The van der Waals surface area contributed by atoms with Gasteiger partial charge in [0.25, 0.3) is 0 Å². The number of nitrogens with one attached hydrogen (secondary N) is 1. The van der Waals surface area contributed by atoms with E-state index in [-0.39, 0.29) is 18.6 Å². The van der Waals surface area contributed by atoms with Crippen molar-refractivity contribution in [3.05, 3.63) is 0 Å². The van der Waals surface area contributed by atoms with Crippen molar-refractivity contribution >= 4 is 5.91 Å². The van der Waals surface area contributed by atoms with Crippen LogP contribution in [0.2, 0.25) is 0 Å². The predicted molar refractivity (Wildman–Crippen MR) is 65.1 cm³/mol. The lowest BCUT2D eigenvalue weighted by atomic mass is 9.75. The van der Waals surface area contributed by atoms with Crippen molar-refractivity contribution in [2.45, 2.75) is 46.1 Å². The first-order valence-electron chi connectivity index (χ1n) is 6.36. The Hall–Kier alpha value is -0.570. The van der Waals surface area contributed by atoms with E-state index in [1.54, 1.807) is 7.05 Å². The third-order valence-electron chi connectivity index (χ3n) is 3.67. The van der Waals surface area contributed by atoms with Crippen LogP contribution in [0.15, 0.2) is 0 Å². The van der Waals surface area contributed by atoms with Crippen LogP contribution in [0.25, 0.3) is 0 Å². The molecule has 0 aliphatic heterocycles. The summed E-state index contributed by atoms with van der Waals surface area (Å²) in [5, 5.41) is 2.60. The van der Waals surface area contributed by atoms with Crippen LogP contribution < -0.4 is 5.32 Å². The Bertz CT molecular complexity index is 228. The highest BCUT2D eigenvalue weighted by Crippen LogP contribution is 2.35. The molecule has 0 spiro atoms. The van der Waals surface area contributed by atoms with E-state index in [0.717, 1.165) is 12.3 Å². The standard InChI is InChI=1S/C13H25NO2/c1-9(2)11-6-5-10(3)7-12(11)16-8-13(15)14-4/h9-12H,5-8H2,1-4H3,(H,14,15)/t10-,11+,12-/m1/s1. The molecule has 1 rings (SSSR count). The molecule has 1 aliphatic rings. The summed E-state index contributed by atoms with van der Waals surface area (Å²) >= 11 is 0. The average molecular weight is 227 g/mol. The number of ether oxygens (including phenoxy) is 1. The maximum atomic E-state index is 11.2. The first-order chi connectivity index (χ1) is 7.54. The lowest BCUT2D eigenvalue weighted by Crippen LogP contribution is -2.37. The number of hydrogen-bond acceptors (Lipinski definition) is 2. The van der Waals surface area contributed by atoms with Crippen molar-refractivity contribution in [1.29, 1.82) is 0 Å². The predicted octanol–water partition coefficient (Wildman–Crippen LogP) is 2.21. The summed E-state index contributed by atoms with van der Waals surface area (Å²) in [6.45, 7) is 6.97. The molecular weight excluding hydrogens is 202 g/mol. The number of rotatable bonds is 4. The van der Waals surface area contributed by atoms with Gasteiger partial charge in [-0.2, -0.15) is 0 Å². The zero-order valence-electron chi connectivity index (χ0n) is 11.0. The fraction of sp³-hybridized carbons (Fsp3) is 0.923. The molecule has 3 heteroatoms. The quantitative estimate of drug-likeness (QED) is 0.799.